The van der Waals surface area contributed by atoms with Crippen molar-refractivity contribution in [2.75, 3.05) is 164 Å². The van der Waals surface area contributed by atoms with Crippen LogP contribution in [0.1, 0.15) is 180 Å². The minimum absolute atomic E-state index is 0.126. The molecule has 6 fully saturated rings. The maximum atomic E-state index is 12.4. The van der Waals surface area contributed by atoms with Gasteiger partial charge in [-0.3, -0.25) is 63.1 Å². The number of H-pyrrole nitrogens is 6. The van der Waals surface area contributed by atoms with Crippen LogP contribution in [0.25, 0.3) is 65.4 Å². The first-order valence-electron chi connectivity index (χ1n) is 49.1. The highest BCUT2D eigenvalue weighted by Gasteiger charge is 2.34. The Balaban J connectivity index is 0.000000103. The summed E-state index contributed by atoms with van der Waals surface area (Å²) in [5.74, 6) is -0.815. The molecule has 6 amide bonds. The smallest absolute Gasteiger partial charge is 0.272 e. The summed E-state index contributed by atoms with van der Waals surface area (Å²) in [6.07, 6.45) is 23.3. The van der Waals surface area contributed by atoms with Gasteiger partial charge in [-0.05, 0) is 189 Å². The number of rotatable bonds is 18. The molecule has 6 aromatic heterocycles. The van der Waals surface area contributed by atoms with Gasteiger partial charge in [0.15, 0.2) is 0 Å². The second-order valence-electron chi connectivity index (χ2n) is 37.4. The van der Waals surface area contributed by atoms with Gasteiger partial charge in [0.25, 0.3) is 35.4 Å². The van der Waals surface area contributed by atoms with E-state index in [1.165, 1.54) is 76.4 Å². The standard InChI is InChI=1S/C22H23N5O.C20H25N5O.C17H21N5O.C16H18N4O.C15H16N4O.C15H18N4O/c28-22-17-7-4-8-19-21(17)18(13-23-19)20(24-25-22)15-27-11-9-26(10-12-27)14-16-5-2-1-3-6-16;26-20-15-4-3-5-17-19(15)16(12-21-17)18(22-23-20)13-24-10-6-14(7-11-24)25-8-1-2-9-25;1-2-21-6-8-22(9-7-21)11-15-13-10-18-14-5-3-4-12(16(13)14)17(23)20-19-15;21-16-11-5-4-6-13-15(11)12(9-17-13)14(18-19-16)10-20-7-2-1-3-8-20;20-15-10-4-3-5-12-14(10)11(8-16-12)13(17-18-15)9-19-6-1-2-7-19;1-3-19(4-2)9-13-11-8-16-12-7-5-6-10(14(11)12)15(20)18-17-13/h1-8,13,23H,9-12,14-15H2,(H,25,28);3-5,12,14,21H,1-2,6-11,13H2,(H,23,26);3-5,10,18H,2,6-9,11H2,1H3,(H,20,23);4-6,9,17H,1-3,7-8,10H2,(H,19,21);3-5,8,16H,1-2,6-7,9H2,(H,18,20);5-8,16H,3-4,9H2,1-2H3,(H,18,20). The molecule has 33 heteroatoms. The molecule has 138 heavy (non-hydrogen) atoms. The highest BCUT2D eigenvalue weighted by molar-refractivity contribution is 6.25. The second-order valence-corrected chi connectivity index (χ2v) is 37.4. The van der Waals surface area contributed by atoms with Crippen LogP contribution in [0, 0.1) is 0 Å². The summed E-state index contributed by atoms with van der Waals surface area (Å²) in [4.78, 5) is 115. The van der Waals surface area contributed by atoms with Crippen molar-refractivity contribution < 1.29 is 28.8 Å². The normalized spacial score (nSPS) is 18.9. The molecule has 12 N–H and O–H groups in total. The maximum Gasteiger partial charge on any atom is 0.272 e. The number of amides is 6. The number of carbonyl (C=O) groups is 6. The lowest BCUT2D eigenvalue weighted by Crippen LogP contribution is -2.47. The van der Waals surface area contributed by atoms with Crippen LogP contribution in [-0.4, -0.2) is 313 Å². The Morgan fingerprint density at radius 2 is 0.514 bits per heavy atom. The zero-order valence-electron chi connectivity index (χ0n) is 78.7. The third kappa shape index (κ3) is 19.9. The molecule has 25 rings (SSSR count). The van der Waals surface area contributed by atoms with Crippen molar-refractivity contribution in [2.45, 2.75) is 91.1 Å². The van der Waals surface area contributed by atoms with Gasteiger partial charge < -0.3 is 39.7 Å². The minimum Gasteiger partial charge on any atom is -0.360 e. The predicted octanol–water partition coefficient (Wildman–Crippen LogP) is 11.6. The molecule has 12 aliphatic heterocycles. The molecule has 7 aromatic carbocycles. The monoisotopic (exact) mass is 1860 g/mol. The molecule has 0 spiro atoms. The molecule has 6 saturated heterocycles. The third-order valence-electron chi connectivity index (χ3n) is 28.9. The Bertz CT molecular complexity index is 6760. The lowest BCUT2D eigenvalue weighted by atomic mass is 10.0. The van der Waals surface area contributed by atoms with Crippen LogP contribution in [0.2, 0.25) is 0 Å². The number of nitrogens with one attached hydrogen (secondary N) is 12. The van der Waals surface area contributed by atoms with Crippen LogP contribution in [0.4, 0.5) is 0 Å². The largest absolute Gasteiger partial charge is 0.360 e. The summed E-state index contributed by atoms with van der Waals surface area (Å²) in [5, 5.41) is 32.2. The molecular formula is C105H121N27O6. The van der Waals surface area contributed by atoms with Crippen molar-refractivity contribution in [1.29, 1.82) is 0 Å². The molecular weight excluding hydrogens is 1740 g/mol. The summed E-state index contributed by atoms with van der Waals surface area (Å²) in [5.41, 5.74) is 39.4. The van der Waals surface area contributed by atoms with E-state index in [2.05, 4.69) is 188 Å². The molecule has 33 nitrogen and oxygen atoms in total. The number of aromatic nitrogens is 6. The number of piperidine rings is 2. The number of hydrogen-bond donors (Lipinski definition) is 12. The lowest BCUT2D eigenvalue weighted by molar-refractivity contribution is 0.0948. The van der Waals surface area contributed by atoms with E-state index < -0.39 is 0 Å². The topological polar surface area (TPSA) is 373 Å². The van der Waals surface area contributed by atoms with Gasteiger partial charge >= 0.3 is 0 Å². The molecule has 0 bridgehead atoms. The molecule has 12 aliphatic rings. The fourth-order valence-electron chi connectivity index (χ4n) is 21.3. The van der Waals surface area contributed by atoms with E-state index in [0.29, 0.717) is 33.4 Å². The van der Waals surface area contributed by atoms with Crippen LogP contribution in [0.15, 0.2) is 207 Å². The number of likely N-dealkylation sites (N-methyl/N-ethyl adjacent to an activating group) is 2. The molecule has 0 radical (unpaired) electrons. The molecule has 0 saturated carbocycles. The van der Waals surface area contributed by atoms with Crippen molar-refractivity contribution in [3.05, 3.63) is 249 Å². The number of carbonyl (C=O) groups excluding carboxylic acids is 6. The Morgan fingerprint density at radius 3 is 0.812 bits per heavy atom. The molecule has 712 valence electrons. The summed E-state index contributed by atoms with van der Waals surface area (Å²) < 4.78 is 0. The van der Waals surface area contributed by atoms with Crippen LogP contribution in [0.3, 0.4) is 0 Å². The first-order chi connectivity index (χ1) is 67.7. The molecule has 0 unspecified atom stereocenters. The van der Waals surface area contributed by atoms with Crippen molar-refractivity contribution in [3.63, 3.8) is 0 Å². The Labute approximate surface area is 800 Å². The van der Waals surface area contributed by atoms with E-state index in [0.717, 1.165) is 296 Å². The van der Waals surface area contributed by atoms with E-state index in [-0.39, 0.29) is 35.4 Å². The van der Waals surface area contributed by atoms with Gasteiger partial charge in [-0.1, -0.05) is 93.9 Å². The van der Waals surface area contributed by atoms with Gasteiger partial charge in [0, 0.05) is 253 Å². The predicted molar refractivity (Wildman–Crippen MR) is 545 cm³/mol. The summed E-state index contributed by atoms with van der Waals surface area (Å²) >= 11 is 0. The van der Waals surface area contributed by atoms with Gasteiger partial charge in [0.1, 0.15) is 0 Å². The van der Waals surface area contributed by atoms with Crippen molar-refractivity contribution in [1.82, 2.24) is 107 Å². The average molecular weight is 1860 g/mol. The first kappa shape index (κ1) is 92.0. The third-order valence-corrected chi connectivity index (χ3v) is 28.9. The molecule has 13 aromatic rings. The Morgan fingerprint density at radius 1 is 0.261 bits per heavy atom. The van der Waals surface area contributed by atoms with Crippen LogP contribution < -0.4 is 32.6 Å². The van der Waals surface area contributed by atoms with E-state index in [9.17, 15) is 28.8 Å². The van der Waals surface area contributed by atoms with E-state index >= 15 is 0 Å². The van der Waals surface area contributed by atoms with Crippen LogP contribution >= 0.6 is 0 Å². The fraction of sp³-hybridized carbons (Fsp3) is 0.371. The lowest BCUT2D eigenvalue weighted by Gasteiger charge is -2.36. The second kappa shape index (κ2) is 42.1. The fourth-order valence-corrected chi connectivity index (χ4v) is 21.3. The Kier molecular flexibility index (Phi) is 28.0. The molecule has 18 heterocycles. The molecule has 0 atom stereocenters. The first-order valence-corrected chi connectivity index (χ1v) is 49.1. The summed E-state index contributed by atoms with van der Waals surface area (Å²) in [6, 6.07) is 45.9. The SMILES string of the molecule is CCN(CC)CC1=NNC(=O)c2cccc3[nH]cc1c23.CCN1CCN(CC2=NNC(=O)c3cccc4[nH]cc2c34)CC1.O=C1NN=C(CN2CCC(N3CCCC3)CC2)c2c[nH]c3cccc1c23.O=C1NN=C(CN2CCCC2)c2c[nH]c3cccc1c23.O=C1NN=C(CN2CCCCC2)c2c[nH]c3cccc1c23.O=C1NN=C(CN2CCN(Cc3ccccc3)CC2)c2c[nH]c3cccc1c23. The van der Waals surface area contributed by atoms with E-state index in [1.807, 2.05) is 146 Å². The average Bonchev–Trinajstić information content (AvgIpc) is 1.65. The van der Waals surface area contributed by atoms with Crippen molar-refractivity contribution in [3.8, 4) is 0 Å². The highest BCUT2D eigenvalue weighted by Crippen LogP contribution is 2.34. The highest BCUT2D eigenvalue weighted by atomic mass is 16.2. The van der Waals surface area contributed by atoms with Crippen LogP contribution in [0.5, 0.6) is 0 Å². The number of aromatic amines is 6. The number of hydrogen-bond acceptors (Lipinski definition) is 21. The summed E-state index contributed by atoms with van der Waals surface area (Å²) in [6.45, 7) is 32.6. The maximum absolute atomic E-state index is 12.4. The van der Waals surface area contributed by atoms with E-state index in [4.69, 9.17) is 0 Å². The number of piperazine rings is 2. The number of hydrazone groups is 6. The van der Waals surface area contributed by atoms with Crippen molar-refractivity contribution in [2.24, 2.45) is 30.6 Å². The van der Waals surface area contributed by atoms with Gasteiger partial charge in [0.2, 0.25) is 0 Å². The van der Waals surface area contributed by atoms with Gasteiger partial charge in [-0.25, -0.2) is 32.6 Å². The minimum atomic E-state index is -0.147. The Hall–Kier alpha value is -13.7. The van der Waals surface area contributed by atoms with Gasteiger partial charge in [-0.15, -0.1) is 0 Å². The van der Waals surface area contributed by atoms with Crippen LogP contribution in [-0.2, 0) is 6.54 Å². The zero-order valence-corrected chi connectivity index (χ0v) is 78.7. The van der Waals surface area contributed by atoms with E-state index in [1.54, 1.807) is 0 Å². The number of likely N-dealkylation sites (tertiary alicyclic amines) is 4. The number of benzene rings is 7. The van der Waals surface area contributed by atoms with Gasteiger partial charge in [-0.2, -0.15) is 30.6 Å². The quantitative estimate of drug-likeness (QED) is 0.0380. The van der Waals surface area contributed by atoms with Gasteiger partial charge in [0.05, 0.1) is 67.7 Å². The zero-order chi connectivity index (χ0) is 94.1. The summed E-state index contributed by atoms with van der Waals surface area (Å²) in [7, 11) is 0. The molecule has 0 aliphatic carbocycles. The van der Waals surface area contributed by atoms with Crippen molar-refractivity contribution >= 4 is 135 Å². The number of nitrogens with zero attached hydrogens (tertiary/aromatic N) is 15.